The summed E-state index contributed by atoms with van der Waals surface area (Å²) in [6.45, 7) is 4.47. The van der Waals surface area contributed by atoms with Gasteiger partial charge in [-0.2, -0.15) is 0 Å². The second-order valence-corrected chi connectivity index (χ2v) is 7.75. The zero-order chi connectivity index (χ0) is 19.8. The quantitative estimate of drug-likeness (QED) is 0.713. The minimum absolute atomic E-state index is 0.0342. The summed E-state index contributed by atoms with van der Waals surface area (Å²) in [5.41, 5.74) is 4.26. The summed E-state index contributed by atoms with van der Waals surface area (Å²) >= 11 is 0. The Bertz CT molecular complexity index is 1050. The molecule has 0 radical (unpaired) electrons. The number of amides is 1. The number of nitrogens with one attached hydrogen (secondary N) is 2. The predicted octanol–water partition coefficient (Wildman–Crippen LogP) is 3.13. The van der Waals surface area contributed by atoms with Gasteiger partial charge in [0.25, 0.3) is 0 Å². The van der Waals surface area contributed by atoms with Gasteiger partial charge in [0.05, 0.1) is 11.0 Å². The third kappa shape index (κ3) is 3.60. The molecular weight excluding hydrogens is 368 g/mol. The average Bonchev–Trinajstić information content (AvgIpc) is 3.38. The molecule has 29 heavy (non-hydrogen) atoms. The minimum Gasteiger partial charge on any atom is -0.454 e. The van der Waals surface area contributed by atoms with Gasteiger partial charge in [0.1, 0.15) is 0 Å². The van der Waals surface area contributed by atoms with E-state index in [1.165, 1.54) is 5.56 Å². The van der Waals surface area contributed by atoms with Crippen molar-refractivity contribution < 1.29 is 14.3 Å². The number of carbonyl (C=O) groups excluding carboxylic acids is 1. The Morgan fingerprint density at radius 3 is 2.86 bits per heavy atom. The molecule has 0 aliphatic carbocycles. The van der Waals surface area contributed by atoms with Gasteiger partial charge in [0.15, 0.2) is 11.5 Å². The van der Waals surface area contributed by atoms with Gasteiger partial charge in [-0.3, -0.25) is 4.79 Å². The lowest BCUT2D eigenvalue weighted by Crippen LogP contribution is -2.40. The number of ether oxygens (including phenoxy) is 2. The number of anilines is 1. The van der Waals surface area contributed by atoms with E-state index in [1.807, 2.05) is 24.3 Å². The molecule has 7 nitrogen and oxygen atoms in total. The van der Waals surface area contributed by atoms with Crippen molar-refractivity contribution in [2.24, 2.45) is 5.92 Å². The van der Waals surface area contributed by atoms with E-state index in [0.29, 0.717) is 6.54 Å². The molecule has 0 atom stereocenters. The molecule has 0 unspecified atom stereocenters. The number of aromatic amines is 1. The summed E-state index contributed by atoms with van der Waals surface area (Å²) in [7, 11) is 0. The summed E-state index contributed by atoms with van der Waals surface area (Å²) in [5.74, 6) is 2.54. The topological polar surface area (TPSA) is 79.5 Å². The van der Waals surface area contributed by atoms with E-state index in [2.05, 4.69) is 34.3 Å². The molecule has 2 aliphatic heterocycles. The number of piperidine rings is 1. The first-order valence-corrected chi connectivity index (χ1v) is 10.0. The molecule has 0 saturated carbocycles. The number of H-pyrrole nitrogens is 1. The third-order valence-corrected chi connectivity index (χ3v) is 5.69. The zero-order valence-electron chi connectivity index (χ0n) is 16.4. The van der Waals surface area contributed by atoms with Crippen molar-refractivity contribution in [3.8, 4) is 11.5 Å². The second-order valence-electron chi connectivity index (χ2n) is 7.75. The van der Waals surface area contributed by atoms with Gasteiger partial charge in [-0.1, -0.05) is 12.1 Å². The number of nitrogens with zero attached hydrogens (tertiary/aromatic N) is 2. The number of rotatable bonds is 4. The molecule has 2 N–H and O–H groups in total. The Balaban J connectivity index is 1.16. The SMILES string of the molecule is Cc1ccc2nc(N3CCC(C(=O)NCc4ccc5c(c4)OCO5)CC3)[nH]c2c1. The first-order valence-electron chi connectivity index (χ1n) is 10.0. The van der Waals surface area contributed by atoms with Crippen LogP contribution >= 0.6 is 0 Å². The highest BCUT2D eigenvalue weighted by atomic mass is 16.7. The Morgan fingerprint density at radius 2 is 2.00 bits per heavy atom. The van der Waals surface area contributed by atoms with Crippen molar-refractivity contribution in [3.63, 3.8) is 0 Å². The third-order valence-electron chi connectivity index (χ3n) is 5.69. The zero-order valence-corrected chi connectivity index (χ0v) is 16.4. The van der Waals surface area contributed by atoms with Crippen LogP contribution in [0.5, 0.6) is 11.5 Å². The first-order chi connectivity index (χ1) is 14.2. The lowest BCUT2D eigenvalue weighted by Gasteiger charge is -2.31. The Labute approximate surface area is 169 Å². The summed E-state index contributed by atoms with van der Waals surface area (Å²) in [4.78, 5) is 23.0. The van der Waals surface area contributed by atoms with Gasteiger partial charge >= 0.3 is 0 Å². The highest BCUT2D eigenvalue weighted by Crippen LogP contribution is 2.32. The van der Waals surface area contributed by atoms with E-state index in [0.717, 1.165) is 60.0 Å². The molecule has 3 heterocycles. The summed E-state index contributed by atoms with van der Waals surface area (Å²) in [6, 6.07) is 12.0. The van der Waals surface area contributed by atoms with Crippen molar-refractivity contribution in [2.75, 3.05) is 24.8 Å². The van der Waals surface area contributed by atoms with Gasteiger partial charge in [-0.15, -0.1) is 0 Å². The van der Waals surface area contributed by atoms with Crippen LogP contribution in [0.2, 0.25) is 0 Å². The molecule has 150 valence electrons. The van der Waals surface area contributed by atoms with Crippen molar-refractivity contribution in [1.29, 1.82) is 0 Å². The minimum atomic E-state index is 0.0342. The molecule has 3 aromatic rings. The maximum Gasteiger partial charge on any atom is 0.231 e. The molecule has 1 fully saturated rings. The first kappa shape index (κ1) is 17.8. The normalized spacial score (nSPS) is 16.4. The largest absolute Gasteiger partial charge is 0.454 e. The Morgan fingerprint density at radius 1 is 1.17 bits per heavy atom. The maximum atomic E-state index is 12.6. The number of aryl methyl sites for hydroxylation is 1. The highest BCUT2D eigenvalue weighted by molar-refractivity contribution is 5.80. The molecule has 0 spiro atoms. The molecule has 0 bridgehead atoms. The van der Waals surface area contributed by atoms with Crippen molar-refractivity contribution in [3.05, 3.63) is 47.5 Å². The fraction of sp³-hybridized carbons (Fsp3) is 0.364. The number of aromatic nitrogens is 2. The van der Waals surface area contributed by atoms with Crippen molar-refractivity contribution in [1.82, 2.24) is 15.3 Å². The number of hydrogen-bond donors (Lipinski definition) is 2. The van der Waals surface area contributed by atoms with Crippen LogP contribution in [-0.2, 0) is 11.3 Å². The fourth-order valence-electron chi connectivity index (χ4n) is 4.00. The van der Waals surface area contributed by atoms with Gasteiger partial charge in [0, 0.05) is 25.6 Å². The summed E-state index contributed by atoms with van der Waals surface area (Å²) in [6.07, 6.45) is 1.64. The number of carbonyl (C=O) groups is 1. The maximum absolute atomic E-state index is 12.6. The highest BCUT2D eigenvalue weighted by Gasteiger charge is 2.26. The smallest absolute Gasteiger partial charge is 0.231 e. The lowest BCUT2D eigenvalue weighted by atomic mass is 9.96. The van der Waals surface area contributed by atoms with Crippen LogP contribution in [0.4, 0.5) is 5.95 Å². The van der Waals surface area contributed by atoms with Crippen molar-refractivity contribution in [2.45, 2.75) is 26.3 Å². The Hall–Kier alpha value is -3.22. The van der Waals surface area contributed by atoms with E-state index in [4.69, 9.17) is 14.5 Å². The molecule has 1 amide bonds. The molecule has 5 rings (SSSR count). The van der Waals surface area contributed by atoms with Crippen LogP contribution in [0.1, 0.15) is 24.0 Å². The molecule has 2 aliphatic rings. The average molecular weight is 392 g/mol. The van der Waals surface area contributed by atoms with E-state index in [-0.39, 0.29) is 18.6 Å². The van der Waals surface area contributed by atoms with Crippen LogP contribution in [0.15, 0.2) is 36.4 Å². The Kier molecular flexibility index (Phi) is 4.50. The van der Waals surface area contributed by atoms with Crippen molar-refractivity contribution >= 4 is 22.9 Å². The fourth-order valence-corrected chi connectivity index (χ4v) is 4.00. The monoisotopic (exact) mass is 392 g/mol. The van der Waals surface area contributed by atoms with Crippen LogP contribution in [-0.4, -0.2) is 35.8 Å². The molecule has 1 aromatic heterocycles. The van der Waals surface area contributed by atoms with Gasteiger partial charge in [-0.25, -0.2) is 4.98 Å². The number of fused-ring (bicyclic) bond motifs is 2. The second kappa shape index (κ2) is 7.31. The predicted molar refractivity (Wildman–Crippen MR) is 110 cm³/mol. The summed E-state index contributed by atoms with van der Waals surface area (Å²) < 4.78 is 10.7. The van der Waals surface area contributed by atoms with E-state index in [1.54, 1.807) is 0 Å². The van der Waals surface area contributed by atoms with Crippen LogP contribution in [0, 0.1) is 12.8 Å². The number of imidazole rings is 1. The van der Waals surface area contributed by atoms with Crippen LogP contribution in [0.25, 0.3) is 11.0 Å². The number of hydrogen-bond acceptors (Lipinski definition) is 5. The van der Waals surface area contributed by atoms with Gasteiger partial charge < -0.3 is 24.7 Å². The van der Waals surface area contributed by atoms with E-state index in [9.17, 15) is 4.79 Å². The molecule has 1 saturated heterocycles. The number of benzene rings is 2. The van der Waals surface area contributed by atoms with Gasteiger partial charge in [0.2, 0.25) is 18.6 Å². The van der Waals surface area contributed by atoms with Crippen LogP contribution in [0.3, 0.4) is 0 Å². The standard InChI is InChI=1S/C22H24N4O3/c1-14-2-4-17-18(10-14)25-22(24-17)26-8-6-16(7-9-26)21(27)23-12-15-3-5-19-20(11-15)29-13-28-19/h2-5,10-11,16H,6-9,12-13H2,1H3,(H,23,27)(H,24,25). The molecule has 7 heteroatoms. The lowest BCUT2D eigenvalue weighted by molar-refractivity contribution is -0.125. The molecular formula is C22H24N4O3. The van der Waals surface area contributed by atoms with E-state index >= 15 is 0 Å². The van der Waals surface area contributed by atoms with E-state index < -0.39 is 0 Å². The summed E-state index contributed by atoms with van der Waals surface area (Å²) in [5, 5.41) is 3.06. The van der Waals surface area contributed by atoms with Crippen LogP contribution < -0.4 is 19.7 Å². The van der Waals surface area contributed by atoms with Gasteiger partial charge in [-0.05, 0) is 55.2 Å². The molecule has 2 aromatic carbocycles.